The van der Waals surface area contributed by atoms with Gasteiger partial charge in [0.15, 0.2) is 11.5 Å². The van der Waals surface area contributed by atoms with Gasteiger partial charge in [-0.05, 0) is 48.0 Å². The number of thioether (sulfide) groups is 1. The minimum Gasteiger partial charge on any atom is -0.454 e. The number of rotatable bonds is 5. The zero-order valence-electron chi connectivity index (χ0n) is 14.7. The summed E-state index contributed by atoms with van der Waals surface area (Å²) in [4.78, 5) is 12.6. The van der Waals surface area contributed by atoms with Crippen molar-refractivity contribution in [2.45, 2.75) is 24.3 Å². The number of nitrogens with one attached hydrogen (secondary N) is 1. The van der Waals surface area contributed by atoms with E-state index in [-0.39, 0.29) is 12.7 Å². The molecule has 1 aliphatic heterocycles. The van der Waals surface area contributed by atoms with Crippen LogP contribution in [0.4, 0.5) is 5.69 Å². The maximum atomic E-state index is 12.6. The van der Waals surface area contributed by atoms with Crippen molar-refractivity contribution in [3.63, 3.8) is 0 Å². The van der Waals surface area contributed by atoms with Gasteiger partial charge >= 0.3 is 0 Å². The predicted molar refractivity (Wildman–Crippen MR) is 100 cm³/mol. The maximum Gasteiger partial charge on any atom is 0.237 e. The van der Waals surface area contributed by atoms with Crippen LogP contribution in [0.2, 0.25) is 0 Å². The Morgan fingerprint density at radius 3 is 2.89 bits per heavy atom. The van der Waals surface area contributed by atoms with E-state index in [4.69, 9.17) is 9.47 Å². The first-order chi connectivity index (χ1) is 13.1. The van der Waals surface area contributed by atoms with Crippen molar-refractivity contribution < 1.29 is 14.3 Å². The number of aromatic nitrogens is 4. The van der Waals surface area contributed by atoms with E-state index in [2.05, 4.69) is 20.8 Å². The number of carbonyl (C=O) groups excluding carboxylic acids is 1. The molecule has 0 fully saturated rings. The SMILES string of the molecule is Cc1ccccc1-n1nnnc1S[C@H](C)C(=O)Nc1ccc2c(c1)OCO2. The molecule has 0 radical (unpaired) electrons. The highest BCUT2D eigenvalue weighted by molar-refractivity contribution is 8.00. The highest BCUT2D eigenvalue weighted by Crippen LogP contribution is 2.34. The Labute approximate surface area is 159 Å². The second kappa shape index (κ2) is 7.28. The van der Waals surface area contributed by atoms with Crippen molar-refractivity contribution >= 4 is 23.4 Å². The van der Waals surface area contributed by atoms with Crippen LogP contribution in [0, 0.1) is 6.92 Å². The third kappa shape index (κ3) is 3.59. The minimum atomic E-state index is -0.399. The summed E-state index contributed by atoms with van der Waals surface area (Å²) in [5.41, 5.74) is 2.58. The minimum absolute atomic E-state index is 0.154. The molecule has 0 unspecified atom stereocenters. The summed E-state index contributed by atoms with van der Waals surface area (Å²) < 4.78 is 12.3. The molecule has 2 aromatic carbocycles. The second-order valence-electron chi connectivity index (χ2n) is 5.98. The van der Waals surface area contributed by atoms with Gasteiger partial charge in [-0.2, -0.15) is 4.68 Å². The number of amides is 1. The van der Waals surface area contributed by atoms with E-state index in [0.29, 0.717) is 22.3 Å². The van der Waals surface area contributed by atoms with Crippen LogP contribution in [0.3, 0.4) is 0 Å². The number of nitrogens with zero attached hydrogens (tertiary/aromatic N) is 4. The summed E-state index contributed by atoms with van der Waals surface area (Å²) in [5.74, 6) is 1.14. The highest BCUT2D eigenvalue weighted by Gasteiger charge is 2.21. The van der Waals surface area contributed by atoms with Gasteiger partial charge in [-0.1, -0.05) is 30.0 Å². The summed E-state index contributed by atoms with van der Waals surface area (Å²) in [6, 6.07) is 13.1. The lowest BCUT2D eigenvalue weighted by atomic mass is 10.2. The van der Waals surface area contributed by atoms with Crippen LogP contribution < -0.4 is 14.8 Å². The first-order valence-electron chi connectivity index (χ1n) is 8.33. The van der Waals surface area contributed by atoms with E-state index in [0.717, 1.165) is 11.3 Å². The monoisotopic (exact) mass is 383 g/mol. The molecule has 0 aliphatic carbocycles. The van der Waals surface area contributed by atoms with Crippen molar-refractivity contribution in [3.8, 4) is 17.2 Å². The predicted octanol–water partition coefficient (Wildman–Crippen LogP) is 2.82. The summed E-state index contributed by atoms with van der Waals surface area (Å²) >= 11 is 1.29. The zero-order chi connectivity index (χ0) is 18.8. The standard InChI is InChI=1S/C18H17N5O3S/c1-11-5-3-4-6-14(11)23-18(20-21-22-23)27-12(2)17(24)19-13-7-8-15-16(9-13)26-10-25-15/h3-9,12H,10H2,1-2H3,(H,19,24)/t12-/m1/s1. The number of para-hydroxylation sites is 1. The third-order valence-electron chi connectivity index (χ3n) is 4.08. The molecule has 0 saturated carbocycles. The average Bonchev–Trinajstić information content (AvgIpc) is 3.31. The Hall–Kier alpha value is -3.07. The average molecular weight is 383 g/mol. The van der Waals surface area contributed by atoms with Crippen molar-refractivity contribution in [3.05, 3.63) is 48.0 Å². The van der Waals surface area contributed by atoms with Gasteiger partial charge in [0.1, 0.15) is 0 Å². The van der Waals surface area contributed by atoms with E-state index in [9.17, 15) is 4.79 Å². The summed E-state index contributed by atoms with van der Waals surface area (Å²) in [6.07, 6.45) is 0. The van der Waals surface area contributed by atoms with Gasteiger partial charge in [-0.15, -0.1) is 5.10 Å². The smallest absolute Gasteiger partial charge is 0.237 e. The quantitative estimate of drug-likeness (QED) is 0.678. The van der Waals surface area contributed by atoms with E-state index in [1.165, 1.54) is 11.8 Å². The van der Waals surface area contributed by atoms with Crippen LogP contribution in [-0.2, 0) is 4.79 Å². The molecule has 1 aromatic heterocycles. The Morgan fingerprint density at radius 2 is 2.04 bits per heavy atom. The number of ether oxygens (including phenoxy) is 2. The Bertz CT molecular complexity index is 991. The van der Waals surface area contributed by atoms with Crippen LogP contribution in [0.15, 0.2) is 47.6 Å². The molecular formula is C18H17N5O3S. The fourth-order valence-corrected chi connectivity index (χ4v) is 3.44. The molecule has 1 amide bonds. The number of benzene rings is 2. The van der Waals surface area contributed by atoms with Gasteiger partial charge in [0.05, 0.1) is 10.9 Å². The zero-order valence-corrected chi connectivity index (χ0v) is 15.6. The largest absolute Gasteiger partial charge is 0.454 e. The number of hydrogen-bond acceptors (Lipinski definition) is 7. The Morgan fingerprint density at radius 1 is 1.22 bits per heavy atom. The molecule has 138 valence electrons. The number of tetrazole rings is 1. The van der Waals surface area contributed by atoms with Crippen LogP contribution >= 0.6 is 11.8 Å². The molecule has 0 spiro atoms. The molecule has 27 heavy (non-hydrogen) atoms. The van der Waals surface area contributed by atoms with Gasteiger partial charge in [0, 0.05) is 11.8 Å². The summed E-state index contributed by atoms with van der Waals surface area (Å²) in [7, 11) is 0. The lowest BCUT2D eigenvalue weighted by Gasteiger charge is -2.12. The molecule has 1 N–H and O–H groups in total. The first kappa shape index (κ1) is 17.3. The molecular weight excluding hydrogens is 366 g/mol. The van der Waals surface area contributed by atoms with Crippen molar-refractivity contribution in [1.82, 2.24) is 20.2 Å². The molecule has 0 bridgehead atoms. The number of anilines is 1. The molecule has 1 aliphatic rings. The second-order valence-corrected chi connectivity index (χ2v) is 7.29. The normalized spacial score (nSPS) is 13.4. The first-order valence-corrected chi connectivity index (χ1v) is 9.21. The van der Waals surface area contributed by atoms with Gasteiger partial charge in [0.2, 0.25) is 17.9 Å². The molecule has 9 heteroatoms. The lowest BCUT2D eigenvalue weighted by Crippen LogP contribution is -2.23. The van der Waals surface area contributed by atoms with E-state index in [1.807, 2.05) is 38.1 Å². The van der Waals surface area contributed by atoms with Gasteiger partial charge in [-0.3, -0.25) is 4.79 Å². The topological polar surface area (TPSA) is 91.2 Å². The number of fused-ring (bicyclic) bond motifs is 1. The van der Waals surface area contributed by atoms with Crippen molar-refractivity contribution in [1.29, 1.82) is 0 Å². The van der Waals surface area contributed by atoms with Crippen molar-refractivity contribution in [2.75, 3.05) is 12.1 Å². The molecule has 0 saturated heterocycles. The number of aryl methyl sites for hydroxylation is 1. The van der Waals surface area contributed by atoms with Crippen LogP contribution in [0.5, 0.6) is 11.5 Å². The molecule has 3 aromatic rings. The van der Waals surface area contributed by atoms with Crippen molar-refractivity contribution in [2.24, 2.45) is 0 Å². The molecule has 8 nitrogen and oxygen atoms in total. The van der Waals surface area contributed by atoms with Gasteiger partial charge in [0.25, 0.3) is 0 Å². The fourth-order valence-electron chi connectivity index (χ4n) is 2.63. The lowest BCUT2D eigenvalue weighted by molar-refractivity contribution is -0.115. The van der Waals surface area contributed by atoms with Crippen LogP contribution in [0.25, 0.3) is 5.69 Å². The third-order valence-corrected chi connectivity index (χ3v) is 5.11. The van der Waals surface area contributed by atoms with Crippen LogP contribution in [0.1, 0.15) is 12.5 Å². The molecule has 4 rings (SSSR count). The van der Waals surface area contributed by atoms with Gasteiger partial charge in [-0.25, -0.2) is 0 Å². The fraction of sp³-hybridized carbons (Fsp3) is 0.222. The Kier molecular flexibility index (Phi) is 4.68. The maximum absolute atomic E-state index is 12.6. The van der Waals surface area contributed by atoms with E-state index in [1.54, 1.807) is 22.9 Å². The number of carbonyl (C=O) groups is 1. The summed E-state index contributed by atoms with van der Waals surface area (Å²) in [6.45, 7) is 3.99. The molecule has 1 atom stereocenters. The number of hydrogen-bond donors (Lipinski definition) is 1. The Balaban J connectivity index is 1.47. The van der Waals surface area contributed by atoms with Gasteiger partial charge < -0.3 is 14.8 Å². The molecule has 2 heterocycles. The summed E-state index contributed by atoms with van der Waals surface area (Å²) in [5, 5.41) is 14.9. The van der Waals surface area contributed by atoms with Crippen LogP contribution in [-0.4, -0.2) is 38.2 Å². The van der Waals surface area contributed by atoms with E-state index >= 15 is 0 Å². The van der Waals surface area contributed by atoms with E-state index < -0.39 is 5.25 Å². The highest BCUT2D eigenvalue weighted by atomic mass is 32.2.